The number of amides is 1. The molecule has 0 bridgehead atoms. The van der Waals surface area contributed by atoms with Crippen molar-refractivity contribution in [2.45, 2.75) is 31.0 Å². The molecule has 1 spiro atoms. The van der Waals surface area contributed by atoms with Crippen LogP contribution in [-0.2, 0) is 16.5 Å². The van der Waals surface area contributed by atoms with Crippen LogP contribution in [-0.4, -0.2) is 58.9 Å². The summed E-state index contributed by atoms with van der Waals surface area (Å²) in [7, 11) is 3.56. The molecular weight excluding hydrogens is 258 g/mol. The highest BCUT2D eigenvalue weighted by atomic mass is 16.5. The lowest BCUT2D eigenvalue weighted by Crippen LogP contribution is -2.57. The molecular formula is C14H21N3O3. The maximum absolute atomic E-state index is 12.4. The molecule has 2 aliphatic rings. The molecule has 6 heteroatoms. The summed E-state index contributed by atoms with van der Waals surface area (Å²) in [6.07, 6.45) is 6.29. The number of ether oxygens (including phenoxy) is 2. The van der Waals surface area contributed by atoms with E-state index < -0.39 is 0 Å². The van der Waals surface area contributed by atoms with Crippen LogP contribution in [0.15, 0.2) is 12.5 Å². The van der Waals surface area contributed by atoms with E-state index in [-0.39, 0.29) is 17.6 Å². The zero-order valence-corrected chi connectivity index (χ0v) is 12.0. The molecule has 2 saturated heterocycles. The van der Waals surface area contributed by atoms with Gasteiger partial charge in [-0.1, -0.05) is 0 Å². The molecule has 1 amide bonds. The number of hydrogen-bond acceptors (Lipinski definition) is 4. The van der Waals surface area contributed by atoms with Crippen molar-refractivity contribution in [3.63, 3.8) is 0 Å². The van der Waals surface area contributed by atoms with Crippen molar-refractivity contribution >= 4 is 5.91 Å². The SMILES string of the molecule is CO[C@H]1CN(C(=O)c2cn(C)cn2)CC[C@@]12CCCO2. The summed E-state index contributed by atoms with van der Waals surface area (Å²) in [6, 6.07) is 0. The fraction of sp³-hybridized carbons (Fsp3) is 0.714. The molecule has 110 valence electrons. The Morgan fingerprint density at radius 1 is 1.55 bits per heavy atom. The van der Waals surface area contributed by atoms with E-state index in [4.69, 9.17) is 9.47 Å². The third kappa shape index (κ3) is 2.23. The average molecular weight is 279 g/mol. The molecule has 20 heavy (non-hydrogen) atoms. The second-order valence-electron chi connectivity index (χ2n) is 5.67. The number of imidazole rings is 1. The molecule has 1 aromatic heterocycles. The van der Waals surface area contributed by atoms with Crippen LogP contribution < -0.4 is 0 Å². The second-order valence-corrected chi connectivity index (χ2v) is 5.67. The van der Waals surface area contributed by atoms with Crippen molar-refractivity contribution < 1.29 is 14.3 Å². The van der Waals surface area contributed by atoms with Crippen LogP contribution >= 0.6 is 0 Å². The Morgan fingerprint density at radius 3 is 3.00 bits per heavy atom. The van der Waals surface area contributed by atoms with Crippen LogP contribution in [0.4, 0.5) is 0 Å². The average Bonchev–Trinajstić information content (AvgIpc) is 3.09. The molecule has 0 radical (unpaired) electrons. The van der Waals surface area contributed by atoms with Gasteiger partial charge in [0.15, 0.2) is 0 Å². The molecule has 2 fully saturated rings. The Hall–Kier alpha value is -1.40. The first-order valence-corrected chi connectivity index (χ1v) is 7.09. The number of rotatable bonds is 2. The van der Waals surface area contributed by atoms with E-state index in [9.17, 15) is 4.79 Å². The number of carbonyl (C=O) groups is 1. The molecule has 1 aromatic rings. The van der Waals surface area contributed by atoms with Gasteiger partial charge < -0.3 is 18.9 Å². The Morgan fingerprint density at radius 2 is 2.40 bits per heavy atom. The quantitative estimate of drug-likeness (QED) is 0.804. The first-order valence-electron chi connectivity index (χ1n) is 7.09. The molecule has 0 aromatic carbocycles. The Labute approximate surface area is 118 Å². The summed E-state index contributed by atoms with van der Waals surface area (Å²) in [5, 5.41) is 0. The summed E-state index contributed by atoms with van der Waals surface area (Å²) in [5.74, 6) is -0.0273. The van der Waals surface area contributed by atoms with Crippen LogP contribution in [0.2, 0.25) is 0 Å². The summed E-state index contributed by atoms with van der Waals surface area (Å²) in [6.45, 7) is 2.08. The lowest BCUT2D eigenvalue weighted by molar-refractivity contribution is -0.136. The van der Waals surface area contributed by atoms with Gasteiger partial charge in [0.2, 0.25) is 0 Å². The summed E-state index contributed by atoms with van der Waals surface area (Å²) >= 11 is 0. The van der Waals surface area contributed by atoms with Crippen molar-refractivity contribution in [3.05, 3.63) is 18.2 Å². The van der Waals surface area contributed by atoms with E-state index in [1.807, 2.05) is 11.9 Å². The van der Waals surface area contributed by atoms with Crippen LogP contribution in [0.1, 0.15) is 29.8 Å². The molecule has 3 rings (SSSR count). The largest absolute Gasteiger partial charge is 0.377 e. The zero-order valence-electron chi connectivity index (χ0n) is 12.0. The fourth-order valence-electron chi connectivity index (χ4n) is 3.27. The molecule has 3 heterocycles. The van der Waals surface area contributed by atoms with Crippen molar-refractivity contribution in [2.24, 2.45) is 7.05 Å². The van der Waals surface area contributed by atoms with Gasteiger partial charge in [0.25, 0.3) is 5.91 Å². The zero-order chi connectivity index (χ0) is 14.2. The van der Waals surface area contributed by atoms with E-state index in [1.54, 1.807) is 24.2 Å². The predicted octanol–water partition coefficient (Wildman–Crippen LogP) is 0.830. The predicted molar refractivity (Wildman–Crippen MR) is 72.4 cm³/mol. The van der Waals surface area contributed by atoms with Gasteiger partial charge in [0, 0.05) is 33.5 Å². The first-order chi connectivity index (χ1) is 9.64. The number of nitrogens with zero attached hydrogens (tertiary/aromatic N) is 3. The third-order valence-electron chi connectivity index (χ3n) is 4.41. The molecule has 6 nitrogen and oxygen atoms in total. The van der Waals surface area contributed by atoms with E-state index >= 15 is 0 Å². The molecule has 0 saturated carbocycles. The molecule has 0 N–H and O–H groups in total. The summed E-state index contributed by atoms with van der Waals surface area (Å²) in [4.78, 5) is 18.4. The number of piperidine rings is 1. The highest BCUT2D eigenvalue weighted by molar-refractivity contribution is 5.92. The lowest BCUT2D eigenvalue weighted by atomic mass is 9.85. The summed E-state index contributed by atoms with van der Waals surface area (Å²) < 4.78 is 13.3. The van der Waals surface area contributed by atoms with Crippen LogP contribution in [0, 0.1) is 0 Å². The Balaban J connectivity index is 1.73. The fourth-order valence-corrected chi connectivity index (χ4v) is 3.27. The molecule has 2 atom stereocenters. The second kappa shape index (κ2) is 5.18. The van der Waals surface area contributed by atoms with Crippen molar-refractivity contribution in [2.75, 3.05) is 26.8 Å². The number of aromatic nitrogens is 2. The Kier molecular flexibility index (Phi) is 3.52. The first kappa shape index (κ1) is 13.6. The normalized spacial score (nSPS) is 30.1. The minimum absolute atomic E-state index is 0.0273. The monoisotopic (exact) mass is 279 g/mol. The van der Waals surface area contributed by atoms with Gasteiger partial charge in [0.05, 0.1) is 18.5 Å². The maximum Gasteiger partial charge on any atom is 0.274 e. The van der Waals surface area contributed by atoms with E-state index in [1.165, 1.54) is 0 Å². The van der Waals surface area contributed by atoms with E-state index in [0.29, 0.717) is 18.8 Å². The van der Waals surface area contributed by atoms with Gasteiger partial charge in [0.1, 0.15) is 11.8 Å². The maximum atomic E-state index is 12.4. The molecule has 0 unspecified atom stereocenters. The van der Waals surface area contributed by atoms with Crippen molar-refractivity contribution in [1.82, 2.24) is 14.5 Å². The van der Waals surface area contributed by atoms with Gasteiger partial charge in [-0.05, 0) is 19.3 Å². The van der Waals surface area contributed by atoms with Gasteiger partial charge in [-0.3, -0.25) is 4.79 Å². The number of likely N-dealkylation sites (tertiary alicyclic amines) is 1. The van der Waals surface area contributed by atoms with Crippen LogP contribution in [0.25, 0.3) is 0 Å². The highest BCUT2D eigenvalue weighted by Gasteiger charge is 2.47. The van der Waals surface area contributed by atoms with Gasteiger partial charge >= 0.3 is 0 Å². The molecule has 2 aliphatic heterocycles. The smallest absolute Gasteiger partial charge is 0.274 e. The van der Waals surface area contributed by atoms with Crippen LogP contribution in [0.3, 0.4) is 0 Å². The number of hydrogen-bond donors (Lipinski definition) is 0. The minimum atomic E-state index is -0.185. The van der Waals surface area contributed by atoms with E-state index in [0.717, 1.165) is 25.9 Å². The highest BCUT2D eigenvalue weighted by Crippen LogP contribution is 2.37. The van der Waals surface area contributed by atoms with Gasteiger partial charge in [-0.15, -0.1) is 0 Å². The van der Waals surface area contributed by atoms with Gasteiger partial charge in [-0.25, -0.2) is 4.98 Å². The number of aryl methyl sites for hydroxylation is 1. The van der Waals surface area contributed by atoms with Crippen LogP contribution in [0.5, 0.6) is 0 Å². The summed E-state index contributed by atoms with van der Waals surface area (Å²) in [5.41, 5.74) is 0.306. The third-order valence-corrected chi connectivity index (χ3v) is 4.41. The Bertz CT molecular complexity index is 494. The van der Waals surface area contributed by atoms with Crippen molar-refractivity contribution in [1.29, 1.82) is 0 Å². The van der Waals surface area contributed by atoms with E-state index in [2.05, 4.69) is 4.98 Å². The number of methoxy groups -OCH3 is 1. The van der Waals surface area contributed by atoms with Crippen molar-refractivity contribution in [3.8, 4) is 0 Å². The lowest BCUT2D eigenvalue weighted by Gasteiger charge is -2.44. The minimum Gasteiger partial charge on any atom is -0.377 e. The standard InChI is InChI=1S/C14H21N3O3/c1-16-8-11(15-10-16)13(18)17-6-5-14(4-3-7-20-14)12(9-17)19-2/h8,10,12H,3-7,9H2,1-2H3/t12-,14-/m0/s1. The number of carbonyl (C=O) groups excluding carboxylic acids is 1. The molecule has 0 aliphatic carbocycles. The topological polar surface area (TPSA) is 56.6 Å². The van der Waals surface area contributed by atoms with Gasteiger partial charge in [-0.2, -0.15) is 0 Å².